The minimum absolute atomic E-state index is 0.0119. The normalized spacial score (nSPS) is 25.4. The molecule has 1 fully saturated rings. The van der Waals surface area contributed by atoms with E-state index in [4.69, 9.17) is 18.9 Å². The van der Waals surface area contributed by atoms with Gasteiger partial charge in [0.05, 0.1) is 6.54 Å². The number of hydrogen-bond acceptors (Lipinski definition) is 14. The maximum absolute atomic E-state index is 14.9. The lowest BCUT2D eigenvalue weighted by Crippen LogP contribution is -2.56. The number of aliphatic hydroxyl groups excluding tert-OH is 1. The van der Waals surface area contributed by atoms with Crippen molar-refractivity contribution in [1.82, 2.24) is 29.4 Å². The second-order valence-corrected chi connectivity index (χ2v) is 21.5. The smallest absolute Gasteiger partial charge is 0.329 e. The molecule has 2 aromatic carbocycles. The van der Waals surface area contributed by atoms with E-state index in [9.17, 15) is 38.7 Å². The van der Waals surface area contributed by atoms with Gasteiger partial charge in [0, 0.05) is 46.4 Å². The van der Waals surface area contributed by atoms with Crippen LogP contribution in [0.2, 0.25) is 0 Å². The molecular weight excluding hydrogens is 949 g/mol. The highest BCUT2D eigenvalue weighted by Crippen LogP contribution is 2.25. The van der Waals surface area contributed by atoms with Crippen LogP contribution in [0.15, 0.2) is 73.1 Å². The van der Waals surface area contributed by atoms with Gasteiger partial charge in [-0.1, -0.05) is 110 Å². The molecule has 9 atom stereocenters. The third-order valence-electron chi connectivity index (χ3n) is 13.3. The summed E-state index contributed by atoms with van der Waals surface area (Å²) in [5, 5.41) is 16.5. The van der Waals surface area contributed by atoms with Gasteiger partial charge in [-0.2, -0.15) is 5.10 Å². The van der Waals surface area contributed by atoms with E-state index in [0.29, 0.717) is 17.7 Å². The number of carbonyl (C=O) groups is 7. The van der Waals surface area contributed by atoms with Crippen LogP contribution in [0.5, 0.6) is 0 Å². The fraction of sp³-hybridized carbons (Fsp3) is 0.607. The number of ether oxygens (including phenoxy) is 4. The van der Waals surface area contributed by atoms with Crippen LogP contribution in [0.4, 0.5) is 0 Å². The zero-order valence-corrected chi connectivity index (χ0v) is 46.0. The molecule has 0 bridgehead atoms. The molecule has 4 rings (SSSR count). The zero-order chi connectivity index (χ0) is 55.1. The number of amides is 3. The van der Waals surface area contributed by atoms with Crippen LogP contribution < -0.4 is 0 Å². The van der Waals surface area contributed by atoms with Crippen molar-refractivity contribution >= 4 is 41.6 Å². The second-order valence-electron chi connectivity index (χ2n) is 21.5. The summed E-state index contributed by atoms with van der Waals surface area (Å²) in [5.41, 5.74) is 2.26. The molecule has 18 nitrogen and oxygen atoms in total. The number of carbonyl (C=O) groups excluding carboxylic acids is 7. The lowest BCUT2D eigenvalue weighted by molar-refractivity contribution is -0.182. The van der Waals surface area contributed by atoms with Gasteiger partial charge in [0.25, 0.3) is 17.7 Å². The molecule has 18 heteroatoms. The number of hydrogen-bond donors (Lipinski definition) is 1. The first-order valence-electron chi connectivity index (χ1n) is 25.9. The highest BCUT2D eigenvalue weighted by Gasteiger charge is 2.43. The predicted molar refractivity (Wildman–Crippen MR) is 278 cm³/mol. The Labute approximate surface area is 438 Å². The first-order valence-corrected chi connectivity index (χ1v) is 25.9. The Morgan fingerprint density at radius 2 is 0.905 bits per heavy atom. The van der Waals surface area contributed by atoms with E-state index >= 15 is 0 Å². The maximum atomic E-state index is 14.9. The number of aromatic nitrogens is 2. The van der Waals surface area contributed by atoms with Crippen LogP contribution in [0.1, 0.15) is 112 Å². The van der Waals surface area contributed by atoms with E-state index in [1.54, 1.807) is 35.1 Å². The van der Waals surface area contributed by atoms with Crippen molar-refractivity contribution in [1.29, 1.82) is 0 Å². The monoisotopic (exact) mass is 1030 g/mol. The Balaban J connectivity index is 1.85. The molecule has 0 aliphatic carbocycles. The van der Waals surface area contributed by atoms with Gasteiger partial charge in [-0.3, -0.25) is 28.8 Å². The van der Waals surface area contributed by atoms with Crippen LogP contribution in [0, 0.1) is 23.7 Å². The minimum atomic E-state index is -1.61. The molecule has 3 unspecified atom stereocenters. The summed E-state index contributed by atoms with van der Waals surface area (Å²) in [6.45, 7) is 18.2. The van der Waals surface area contributed by atoms with Crippen molar-refractivity contribution in [3.63, 3.8) is 0 Å². The van der Waals surface area contributed by atoms with E-state index in [2.05, 4.69) is 5.10 Å². The van der Waals surface area contributed by atoms with Crippen molar-refractivity contribution in [3.8, 4) is 0 Å². The molecule has 1 aliphatic rings. The number of nitrogens with zero attached hydrogens (tertiary/aromatic N) is 6. The first kappa shape index (κ1) is 60.4. The molecule has 408 valence electrons. The largest absolute Gasteiger partial charge is 0.456 e. The number of likely N-dealkylation sites (N-methyl/N-ethyl adjacent to an activating group) is 4. The second kappa shape index (κ2) is 28.0. The van der Waals surface area contributed by atoms with Crippen molar-refractivity contribution < 1.29 is 57.6 Å². The minimum Gasteiger partial charge on any atom is -0.456 e. The topological polar surface area (TPSA) is 207 Å². The molecule has 0 radical (unpaired) electrons. The summed E-state index contributed by atoms with van der Waals surface area (Å²) in [6, 6.07) is 13.3. The summed E-state index contributed by atoms with van der Waals surface area (Å²) < 4.78 is 25.9. The van der Waals surface area contributed by atoms with Gasteiger partial charge < -0.3 is 38.8 Å². The van der Waals surface area contributed by atoms with Gasteiger partial charge >= 0.3 is 23.9 Å². The van der Waals surface area contributed by atoms with Crippen molar-refractivity contribution in [2.45, 2.75) is 169 Å². The molecular formula is C56H82N6O12. The van der Waals surface area contributed by atoms with Crippen molar-refractivity contribution in [2.75, 3.05) is 28.2 Å². The van der Waals surface area contributed by atoms with Crippen LogP contribution in [0.3, 0.4) is 0 Å². The summed E-state index contributed by atoms with van der Waals surface area (Å²) in [4.78, 5) is 106. The number of rotatable bonds is 14. The van der Waals surface area contributed by atoms with E-state index in [-0.39, 0.29) is 62.2 Å². The molecule has 1 aromatic heterocycles. The number of esters is 4. The third-order valence-corrected chi connectivity index (χ3v) is 13.3. The van der Waals surface area contributed by atoms with Crippen molar-refractivity contribution in [2.24, 2.45) is 23.7 Å². The van der Waals surface area contributed by atoms with Gasteiger partial charge in [0.1, 0.15) is 36.5 Å². The first-order chi connectivity index (χ1) is 34.8. The molecule has 1 saturated heterocycles. The Hall–Kier alpha value is -6.14. The average Bonchev–Trinajstić information content (AvgIpc) is 3.86. The molecule has 1 aliphatic heterocycles. The number of cyclic esters (lactones) is 4. The highest BCUT2D eigenvalue weighted by atomic mass is 16.6. The quantitative estimate of drug-likeness (QED) is 0.152. The molecule has 1 N–H and O–H groups in total. The summed E-state index contributed by atoms with van der Waals surface area (Å²) in [7, 11) is 5.71. The van der Waals surface area contributed by atoms with Crippen molar-refractivity contribution in [3.05, 3.63) is 89.7 Å². The van der Waals surface area contributed by atoms with Gasteiger partial charge in [-0.25, -0.2) is 14.4 Å². The fourth-order valence-corrected chi connectivity index (χ4v) is 9.02. The van der Waals surface area contributed by atoms with Crippen LogP contribution in [-0.2, 0) is 71.9 Å². The van der Waals surface area contributed by atoms with E-state index in [1.165, 1.54) is 56.7 Å². The Kier molecular flexibility index (Phi) is 22.8. The lowest BCUT2D eigenvalue weighted by atomic mass is 9.99. The summed E-state index contributed by atoms with van der Waals surface area (Å²) >= 11 is 0. The lowest BCUT2D eigenvalue weighted by Gasteiger charge is -2.37. The highest BCUT2D eigenvalue weighted by molar-refractivity contribution is 5.93. The number of aliphatic hydroxyl groups is 1. The van der Waals surface area contributed by atoms with Gasteiger partial charge in [-0.05, 0) is 93.0 Å². The van der Waals surface area contributed by atoms with E-state index in [0.717, 1.165) is 10.5 Å². The van der Waals surface area contributed by atoms with Crippen LogP contribution in [-0.4, -0.2) is 159 Å². The van der Waals surface area contributed by atoms with Gasteiger partial charge in [-0.15, -0.1) is 0 Å². The molecule has 3 aromatic rings. The molecule has 0 spiro atoms. The van der Waals surface area contributed by atoms with Gasteiger partial charge in [0.15, 0.2) is 18.3 Å². The summed E-state index contributed by atoms with van der Waals surface area (Å²) in [6.07, 6.45) is -3.37. The predicted octanol–water partition coefficient (Wildman–Crippen LogP) is 5.70. The SMILES string of the molecule is CC(C)CC1C(=O)O[C@H](Cc2ccccc2)C(O)N(C)C(CC(C)C)C(=O)O[C@H](C)C(=O)N(C)[C@@H](CC(C)C)C(=O)O[C@H](Cc2ccc(Cn3cccn3)cc2)C(=O)N(C)[C@@H](CC(C)C)C(=O)O[C@H](C)C(=O)N1C. The maximum Gasteiger partial charge on any atom is 0.329 e. The third kappa shape index (κ3) is 17.2. The van der Waals surface area contributed by atoms with Crippen LogP contribution in [0.25, 0.3) is 0 Å². The summed E-state index contributed by atoms with van der Waals surface area (Å²) in [5.74, 6) is -6.26. The number of benzene rings is 2. The fourth-order valence-electron chi connectivity index (χ4n) is 9.02. The molecule has 3 amide bonds. The molecule has 74 heavy (non-hydrogen) atoms. The Morgan fingerprint density at radius 1 is 0.500 bits per heavy atom. The Bertz CT molecular complexity index is 2310. The standard InChI is InChI=1S/C56H82N6O12/c1-34(2)27-43-53(67)71-39(10)50(64)59(12)46(30-37(7)8)56(70)74-48(32-41-21-23-42(24-22-41)33-62-26-18-25-57-62)52(66)61(14)44(28-35(3)4)54(68)72-38(9)49(63)58(11)45(29-36(5)6)55(69)73-47(51(65)60(43)13)31-40-19-16-15-17-20-40/h15-26,34-39,43-48,51,65H,27-33H2,1-14H3/t38-,39-,43?,44+,45?,46+,47-,48-,51?/m1/s1. The Morgan fingerprint density at radius 3 is 1.36 bits per heavy atom. The molecule has 0 saturated carbocycles. The average molecular weight is 1030 g/mol. The molecule has 2 heterocycles. The van der Waals surface area contributed by atoms with Crippen LogP contribution >= 0.6 is 0 Å². The van der Waals surface area contributed by atoms with Gasteiger partial charge in [0.2, 0.25) is 0 Å². The zero-order valence-electron chi connectivity index (χ0n) is 46.0. The van der Waals surface area contributed by atoms with E-state index in [1.807, 2.05) is 98.0 Å². The van der Waals surface area contributed by atoms with E-state index < -0.39 is 96.4 Å².